The minimum absolute atomic E-state index is 0.248. The summed E-state index contributed by atoms with van der Waals surface area (Å²) in [6.45, 7) is 2.22. The van der Waals surface area contributed by atoms with Crippen molar-refractivity contribution >= 4 is 39.1 Å². The highest BCUT2D eigenvalue weighted by Gasteiger charge is 2.17. The van der Waals surface area contributed by atoms with Crippen molar-refractivity contribution in [1.82, 2.24) is 14.5 Å². The van der Waals surface area contributed by atoms with Crippen LogP contribution in [-0.4, -0.2) is 15.0 Å². The Bertz CT molecular complexity index is 1370. The minimum Gasteiger partial charge on any atom is -0.350 e. The molecule has 31 heavy (non-hydrogen) atoms. The number of nitrogens with zero attached hydrogens (tertiary/aromatic N) is 2. The topological polar surface area (TPSA) is 73.1 Å². The van der Waals surface area contributed by atoms with Gasteiger partial charge in [-0.25, -0.2) is 9.36 Å². The van der Waals surface area contributed by atoms with Crippen molar-refractivity contribution in [2.45, 2.75) is 26.6 Å². The molecule has 2 aromatic heterocycles. The number of thiophene rings is 1. The molecule has 158 valence electrons. The zero-order valence-electron chi connectivity index (χ0n) is 16.8. The third-order valence-electron chi connectivity index (χ3n) is 4.98. The first kappa shape index (κ1) is 21.1. The van der Waals surface area contributed by atoms with Crippen LogP contribution in [0.15, 0.2) is 69.6 Å². The molecule has 0 fully saturated rings. The number of benzene rings is 2. The number of rotatable bonds is 6. The number of aromatic nitrogens is 2. The van der Waals surface area contributed by atoms with Gasteiger partial charge in [0.15, 0.2) is 0 Å². The third kappa shape index (κ3) is 4.62. The summed E-state index contributed by atoms with van der Waals surface area (Å²) in [7, 11) is 0. The van der Waals surface area contributed by atoms with Gasteiger partial charge in [-0.15, -0.1) is 11.3 Å². The zero-order valence-corrected chi connectivity index (χ0v) is 18.4. The molecule has 0 aliphatic heterocycles. The van der Waals surface area contributed by atoms with Gasteiger partial charge in [-0.3, -0.25) is 14.2 Å². The molecule has 0 bridgehead atoms. The molecule has 0 saturated heterocycles. The number of halogens is 1. The Morgan fingerprint density at radius 2 is 1.81 bits per heavy atom. The van der Waals surface area contributed by atoms with Crippen LogP contribution in [0.3, 0.4) is 0 Å². The lowest BCUT2D eigenvalue weighted by atomic mass is 10.1. The molecule has 6 nitrogen and oxygen atoms in total. The van der Waals surface area contributed by atoms with Gasteiger partial charge < -0.3 is 5.32 Å². The fourth-order valence-corrected chi connectivity index (χ4v) is 4.41. The summed E-state index contributed by atoms with van der Waals surface area (Å²) in [6.07, 6.45) is 0. The largest absolute Gasteiger partial charge is 0.350 e. The van der Waals surface area contributed by atoms with E-state index in [0.29, 0.717) is 21.8 Å². The van der Waals surface area contributed by atoms with E-state index in [0.717, 1.165) is 21.3 Å². The molecule has 0 aliphatic rings. The Kier molecular flexibility index (Phi) is 6.06. The lowest BCUT2D eigenvalue weighted by molar-refractivity contribution is -0.121. The second-order valence-electron chi connectivity index (χ2n) is 7.29. The molecule has 0 radical (unpaired) electrons. The second kappa shape index (κ2) is 8.91. The van der Waals surface area contributed by atoms with Crippen molar-refractivity contribution in [3.05, 3.63) is 103 Å². The fourth-order valence-electron chi connectivity index (χ4n) is 3.35. The van der Waals surface area contributed by atoms with E-state index in [1.165, 1.54) is 15.9 Å². The van der Waals surface area contributed by atoms with Crippen LogP contribution < -0.4 is 16.6 Å². The maximum Gasteiger partial charge on any atom is 0.332 e. The predicted molar refractivity (Wildman–Crippen MR) is 124 cm³/mol. The van der Waals surface area contributed by atoms with Gasteiger partial charge in [0.25, 0.3) is 5.56 Å². The van der Waals surface area contributed by atoms with Gasteiger partial charge in [-0.05, 0) is 41.6 Å². The molecule has 0 aliphatic carbocycles. The van der Waals surface area contributed by atoms with Gasteiger partial charge >= 0.3 is 5.69 Å². The molecular weight excluding hydrogens is 434 g/mol. The van der Waals surface area contributed by atoms with Crippen LogP contribution >= 0.6 is 22.9 Å². The van der Waals surface area contributed by atoms with Crippen molar-refractivity contribution in [3.63, 3.8) is 0 Å². The van der Waals surface area contributed by atoms with E-state index < -0.39 is 17.2 Å². The number of hydrogen-bond acceptors (Lipinski definition) is 4. The lowest BCUT2D eigenvalue weighted by Gasteiger charge is -2.13. The van der Waals surface area contributed by atoms with Crippen LogP contribution in [0, 0.1) is 6.92 Å². The number of aryl methyl sites for hydroxylation is 1. The van der Waals surface area contributed by atoms with Crippen molar-refractivity contribution in [3.8, 4) is 0 Å². The highest BCUT2D eigenvalue weighted by Crippen LogP contribution is 2.17. The van der Waals surface area contributed by atoms with E-state index >= 15 is 0 Å². The summed E-state index contributed by atoms with van der Waals surface area (Å²) in [5.74, 6) is -0.398. The van der Waals surface area contributed by atoms with Crippen LogP contribution in [-0.2, 0) is 24.4 Å². The molecule has 0 saturated carbocycles. The second-order valence-corrected chi connectivity index (χ2v) is 8.64. The number of carbonyl (C=O) groups excluding carboxylic acids is 1. The first-order chi connectivity index (χ1) is 14.9. The standard InChI is InChI=1S/C23H20ClN3O3S/c1-15-5-7-16(8-6-15)12-25-20(28)14-27-22(29)21-19(9-10-31-21)26(23(27)30)13-17-3-2-4-18(24)11-17/h2-11H,12-14H2,1H3,(H,25,28). The van der Waals surface area contributed by atoms with Gasteiger partial charge in [-0.2, -0.15) is 0 Å². The summed E-state index contributed by atoms with van der Waals surface area (Å²) in [4.78, 5) is 38.5. The minimum atomic E-state index is -0.527. The van der Waals surface area contributed by atoms with E-state index in [1.807, 2.05) is 43.3 Å². The van der Waals surface area contributed by atoms with Crippen molar-refractivity contribution < 1.29 is 4.79 Å². The number of amides is 1. The highest BCUT2D eigenvalue weighted by atomic mass is 35.5. The molecule has 1 N–H and O–H groups in total. The Hall–Kier alpha value is -3.16. The molecular formula is C23H20ClN3O3S. The SMILES string of the molecule is Cc1ccc(CNC(=O)Cn2c(=O)c3sccc3n(Cc3cccc(Cl)c3)c2=O)cc1. The molecule has 2 heterocycles. The Labute approximate surface area is 187 Å². The fraction of sp³-hybridized carbons (Fsp3) is 0.174. The average Bonchev–Trinajstić information content (AvgIpc) is 3.24. The molecule has 0 spiro atoms. The quantitative estimate of drug-likeness (QED) is 0.485. The maximum atomic E-state index is 13.2. The van der Waals surface area contributed by atoms with Gasteiger partial charge in [0.2, 0.25) is 5.91 Å². The monoisotopic (exact) mass is 453 g/mol. The summed E-state index contributed by atoms with van der Waals surface area (Å²) in [6, 6.07) is 16.7. The van der Waals surface area contributed by atoms with Crippen LogP contribution in [0.4, 0.5) is 0 Å². The van der Waals surface area contributed by atoms with E-state index in [1.54, 1.807) is 23.6 Å². The van der Waals surface area contributed by atoms with Crippen molar-refractivity contribution in [2.24, 2.45) is 0 Å². The Morgan fingerprint density at radius 3 is 2.55 bits per heavy atom. The van der Waals surface area contributed by atoms with E-state index in [-0.39, 0.29) is 13.1 Å². The summed E-state index contributed by atoms with van der Waals surface area (Å²) in [5, 5.41) is 5.11. The Balaban J connectivity index is 1.63. The number of hydrogen-bond donors (Lipinski definition) is 1. The van der Waals surface area contributed by atoms with E-state index in [2.05, 4.69) is 5.32 Å². The van der Waals surface area contributed by atoms with Crippen LogP contribution in [0.2, 0.25) is 5.02 Å². The van der Waals surface area contributed by atoms with Gasteiger partial charge in [0.1, 0.15) is 11.2 Å². The summed E-state index contributed by atoms with van der Waals surface area (Å²) >= 11 is 7.33. The normalized spacial score (nSPS) is 11.0. The van der Waals surface area contributed by atoms with Gasteiger partial charge in [-0.1, -0.05) is 53.6 Å². The van der Waals surface area contributed by atoms with Gasteiger partial charge in [0.05, 0.1) is 12.1 Å². The van der Waals surface area contributed by atoms with Crippen LogP contribution in [0.25, 0.3) is 10.2 Å². The summed E-state index contributed by atoms with van der Waals surface area (Å²) < 4.78 is 2.94. The molecule has 4 rings (SSSR count). The number of carbonyl (C=O) groups is 1. The number of fused-ring (bicyclic) bond motifs is 1. The number of nitrogens with one attached hydrogen (secondary N) is 1. The molecule has 0 atom stereocenters. The van der Waals surface area contributed by atoms with Crippen LogP contribution in [0.1, 0.15) is 16.7 Å². The molecule has 2 aromatic carbocycles. The Morgan fingerprint density at radius 1 is 1.03 bits per heavy atom. The first-order valence-corrected chi connectivity index (χ1v) is 11.0. The molecule has 4 aromatic rings. The third-order valence-corrected chi connectivity index (χ3v) is 6.10. The van der Waals surface area contributed by atoms with Gasteiger partial charge in [0, 0.05) is 11.6 Å². The summed E-state index contributed by atoms with van der Waals surface area (Å²) in [5.41, 5.74) is 2.47. The smallest absolute Gasteiger partial charge is 0.332 e. The maximum absolute atomic E-state index is 13.2. The van der Waals surface area contributed by atoms with Crippen LogP contribution in [0.5, 0.6) is 0 Å². The molecule has 8 heteroatoms. The van der Waals surface area contributed by atoms with E-state index in [4.69, 9.17) is 11.6 Å². The lowest BCUT2D eigenvalue weighted by Crippen LogP contribution is -2.43. The zero-order chi connectivity index (χ0) is 22.0. The molecule has 0 unspecified atom stereocenters. The van der Waals surface area contributed by atoms with E-state index in [9.17, 15) is 14.4 Å². The first-order valence-electron chi connectivity index (χ1n) is 9.70. The van der Waals surface area contributed by atoms with Crippen molar-refractivity contribution in [1.29, 1.82) is 0 Å². The molecule has 1 amide bonds. The predicted octanol–water partition coefficient (Wildman–Crippen LogP) is 3.55. The average molecular weight is 454 g/mol. The van der Waals surface area contributed by atoms with Crippen molar-refractivity contribution in [2.75, 3.05) is 0 Å². The highest BCUT2D eigenvalue weighted by molar-refractivity contribution is 7.17.